The maximum absolute atomic E-state index is 5.47. The normalized spacial score (nSPS) is 16.2. The monoisotopic (exact) mass is 303 g/mol. The quantitative estimate of drug-likeness (QED) is 0.880. The Morgan fingerprint density at radius 1 is 1.10 bits per heavy atom. The third kappa shape index (κ3) is 3.06. The number of nitrogens with one attached hydrogen (secondary N) is 1. The Hall–Kier alpha value is -1.52. The summed E-state index contributed by atoms with van der Waals surface area (Å²) in [6.07, 6.45) is 0. The average Bonchev–Trinajstić information content (AvgIpc) is 3.14. The van der Waals surface area contributed by atoms with Crippen LogP contribution in [0.15, 0.2) is 35.7 Å². The summed E-state index contributed by atoms with van der Waals surface area (Å²) in [4.78, 5) is 1.39. The van der Waals surface area contributed by atoms with Crippen molar-refractivity contribution < 1.29 is 9.47 Å². The Morgan fingerprint density at radius 2 is 1.90 bits per heavy atom. The summed E-state index contributed by atoms with van der Waals surface area (Å²) >= 11 is 1.81. The molecule has 0 spiro atoms. The van der Waals surface area contributed by atoms with E-state index >= 15 is 0 Å². The number of thiophene rings is 1. The van der Waals surface area contributed by atoms with Crippen LogP contribution in [-0.4, -0.2) is 6.79 Å². The van der Waals surface area contributed by atoms with Crippen LogP contribution in [0, 0.1) is 5.92 Å². The van der Waals surface area contributed by atoms with Crippen molar-refractivity contribution in [3.63, 3.8) is 0 Å². The Balaban J connectivity index is 1.77. The highest BCUT2D eigenvalue weighted by atomic mass is 32.1. The molecule has 0 saturated heterocycles. The van der Waals surface area contributed by atoms with Crippen LogP contribution in [0.25, 0.3) is 0 Å². The van der Waals surface area contributed by atoms with E-state index in [0.717, 1.165) is 11.5 Å². The van der Waals surface area contributed by atoms with E-state index in [4.69, 9.17) is 9.47 Å². The molecule has 0 amide bonds. The minimum atomic E-state index is 0.258. The van der Waals surface area contributed by atoms with Crippen molar-refractivity contribution in [2.45, 2.75) is 32.9 Å². The summed E-state index contributed by atoms with van der Waals surface area (Å²) in [6.45, 7) is 7.03. The molecule has 0 aliphatic carbocycles. The van der Waals surface area contributed by atoms with Crippen molar-refractivity contribution in [1.29, 1.82) is 0 Å². The van der Waals surface area contributed by atoms with Gasteiger partial charge in [0.1, 0.15) is 0 Å². The maximum atomic E-state index is 5.47. The molecule has 0 radical (unpaired) electrons. The topological polar surface area (TPSA) is 30.5 Å². The highest BCUT2D eigenvalue weighted by Crippen LogP contribution is 2.35. The zero-order valence-electron chi connectivity index (χ0n) is 12.6. The van der Waals surface area contributed by atoms with E-state index in [0.29, 0.717) is 18.8 Å². The maximum Gasteiger partial charge on any atom is 0.231 e. The van der Waals surface area contributed by atoms with Crippen molar-refractivity contribution in [3.05, 3.63) is 46.2 Å². The fourth-order valence-corrected chi connectivity index (χ4v) is 3.58. The van der Waals surface area contributed by atoms with E-state index in [1.54, 1.807) is 0 Å². The molecule has 1 aliphatic rings. The van der Waals surface area contributed by atoms with Gasteiger partial charge in [0.15, 0.2) is 11.5 Å². The number of ether oxygens (including phenoxy) is 2. The predicted octanol–water partition coefficient (Wildman–Crippen LogP) is 4.52. The van der Waals surface area contributed by atoms with Crippen LogP contribution in [0.3, 0.4) is 0 Å². The summed E-state index contributed by atoms with van der Waals surface area (Å²) in [5.41, 5.74) is 1.22. The van der Waals surface area contributed by atoms with Gasteiger partial charge in [0.2, 0.25) is 6.79 Å². The lowest BCUT2D eigenvalue weighted by Gasteiger charge is -2.26. The average molecular weight is 303 g/mol. The molecule has 112 valence electrons. The van der Waals surface area contributed by atoms with Crippen LogP contribution >= 0.6 is 11.3 Å². The van der Waals surface area contributed by atoms with Gasteiger partial charge in [0, 0.05) is 17.0 Å². The van der Waals surface area contributed by atoms with Gasteiger partial charge in [-0.1, -0.05) is 26.0 Å². The Bertz CT molecular complexity index is 595. The van der Waals surface area contributed by atoms with Crippen LogP contribution in [0.4, 0.5) is 0 Å². The molecule has 3 rings (SSSR count). The van der Waals surface area contributed by atoms with Crippen LogP contribution in [0.1, 0.15) is 43.3 Å². The SMILES string of the molecule is CC(NC(c1cccs1)C(C)C)c1ccc2c(c1)OCO2. The first-order valence-corrected chi connectivity index (χ1v) is 8.22. The van der Waals surface area contributed by atoms with Gasteiger partial charge in [-0.2, -0.15) is 0 Å². The molecule has 2 heterocycles. The fraction of sp³-hybridized carbons (Fsp3) is 0.412. The summed E-state index contributed by atoms with van der Waals surface area (Å²) < 4.78 is 10.8. The first kappa shape index (κ1) is 14.4. The van der Waals surface area contributed by atoms with Crippen LogP contribution in [0.5, 0.6) is 11.5 Å². The van der Waals surface area contributed by atoms with Crippen molar-refractivity contribution in [2.24, 2.45) is 5.92 Å². The lowest BCUT2D eigenvalue weighted by atomic mass is 9.99. The minimum Gasteiger partial charge on any atom is -0.454 e. The zero-order chi connectivity index (χ0) is 14.8. The van der Waals surface area contributed by atoms with Gasteiger partial charge in [0.25, 0.3) is 0 Å². The van der Waals surface area contributed by atoms with E-state index in [-0.39, 0.29) is 6.04 Å². The molecular formula is C17H21NO2S. The van der Waals surface area contributed by atoms with Crippen molar-refractivity contribution in [2.75, 3.05) is 6.79 Å². The largest absolute Gasteiger partial charge is 0.454 e. The highest BCUT2D eigenvalue weighted by Gasteiger charge is 2.21. The number of hydrogen-bond acceptors (Lipinski definition) is 4. The van der Waals surface area contributed by atoms with Gasteiger partial charge < -0.3 is 14.8 Å². The lowest BCUT2D eigenvalue weighted by molar-refractivity contribution is 0.174. The molecule has 2 aromatic rings. The first-order valence-electron chi connectivity index (χ1n) is 7.34. The van der Waals surface area contributed by atoms with Crippen molar-refractivity contribution >= 4 is 11.3 Å². The van der Waals surface area contributed by atoms with E-state index in [1.165, 1.54) is 10.4 Å². The second-order valence-corrected chi connectivity index (χ2v) is 6.72. The molecule has 1 aromatic heterocycles. The molecule has 0 fully saturated rings. The second kappa shape index (κ2) is 6.08. The van der Waals surface area contributed by atoms with E-state index in [2.05, 4.69) is 55.7 Å². The summed E-state index contributed by atoms with van der Waals surface area (Å²) in [5.74, 6) is 2.23. The molecule has 2 atom stereocenters. The van der Waals surface area contributed by atoms with Crippen LogP contribution < -0.4 is 14.8 Å². The lowest BCUT2D eigenvalue weighted by Crippen LogP contribution is -2.27. The number of hydrogen-bond donors (Lipinski definition) is 1. The van der Waals surface area contributed by atoms with Gasteiger partial charge in [-0.3, -0.25) is 0 Å². The molecular weight excluding hydrogens is 282 g/mol. The van der Waals surface area contributed by atoms with Gasteiger partial charge >= 0.3 is 0 Å². The number of fused-ring (bicyclic) bond motifs is 1. The Labute approximate surface area is 129 Å². The van der Waals surface area contributed by atoms with Crippen molar-refractivity contribution in [1.82, 2.24) is 5.32 Å². The summed E-state index contributed by atoms with van der Waals surface area (Å²) in [7, 11) is 0. The molecule has 21 heavy (non-hydrogen) atoms. The van der Waals surface area contributed by atoms with Gasteiger partial charge in [-0.15, -0.1) is 11.3 Å². The summed E-state index contributed by atoms with van der Waals surface area (Å²) in [5, 5.41) is 5.88. The van der Waals surface area contributed by atoms with Gasteiger partial charge in [0.05, 0.1) is 0 Å². The Morgan fingerprint density at radius 3 is 2.62 bits per heavy atom. The smallest absolute Gasteiger partial charge is 0.231 e. The molecule has 1 N–H and O–H groups in total. The van der Waals surface area contributed by atoms with Gasteiger partial charge in [-0.05, 0) is 42.0 Å². The Kier molecular flexibility index (Phi) is 4.17. The highest BCUT2D eigenvalue weighted by molar-refractivity contribution is 7.10. The van der Waals surface area contributed by atoms with E-state index in [1.807, 2.05) is 17.4 Å². The molecule has 2 unspecified atom stereocenters. The number of benzene rings is 1. The molecule has 0 bridgehead atoms. The van der Waals surface area contributed by atoms with E-state index in [9.17, 15) is 0 Å². The zero-order valence-corrected chi connectivity index (χ0v) is 13.4. The predicted molar refractivity (Wildman–Crippen MR) is 86.0 cm³/mol. The van der Waals surface area contributed by atoms with Crippen LogP contribution in [0.2, 0.25) is 0 Å². The molecule has 3 nitrogen and oxygen atoms in total. The van der Waals surface area contributed by atoms with E-state index < -0.39 is 0 Å². The third-order valence-electron chi connectivity index (χ3n) is 3.84. The molecule has 4 heteroatoms. The summed E-state index contributed by atoms with van der Waals surface area (Å²) in [6, 6.07) is 11.1. The molecule has 0 saturated carbocycles. The third-order valence-corrected chi connectivity index (χ3v) is 4.80. The number of rotatable bonds is 5. The minimum absolute atomic E-state index is 0.258. The molecule has 1 aromatic carbocycles. The molecule has 1 aliphatic heterocycles. The second-order valence-electron chi connectivity index (χ2n) is 5.74. The fourth-order valence-electron chi connectivity index (χ4n) is 2.62. The standard InChI is InChI=1S/C17H21NO2S/c1-11(2)17(16-5-4-8-21-16)18-12(3)13-6-7-14-15(9-13)20-10-19-14/h4-9,11-12,17-18H,10H2,1-3H3. The van der Waals surface area contributed by atoms with Gasteiger partial charge in [-0.25, -0.2) is 0 Å². The first-order chi connectivity index (χ1) is 10.1. The van der Waals surface area contributed by atoms with Crippen LogP contribution in [-0.2, 0) is 0 Å². The van der Waals surface area contributed by atoms with Crippen molar-refractivity contribution in [3.8, 4) is 11.5 Å².